The zero-order valence-corrected chi connectivity index (χ0v) is 13.4. The monoisotopic (exact) mass is 347 g/mol. The van der Waals surface area contributed by atoms with Crippen LogP contribution in [0.3, 0.4) is 0 Å². The molecule has 0 amide bonds. The van der Waals surface area contributed by atoms with Crippen molar-refractivity contribution in [1.82, 2.24) is 9.55 Å². The molecule has 0 aliphatic carbocycles. The third kappa shape index (κ3) is 4.34. The molecular weight excluding hydrogens is 330 g/mol. The maximum absolute atomic E-state index is 12.6. The highest BCUT2D eigenvalue weighted by Gasteiger charge is 2.22. The van der Waals surface area contributed by atoms with Crippen LogP contribution in [-0.2, 0) is 17.9 Å². The predicted octanol–water partition coefficient (Wildman–Crippen LogP) is 1.04. The molecule has 0 saturated carbocycles. The molecule has 2 rings (SSSR count). The van der Waals surface area contributed by atoms with Gasteiger partial charge in [-0.05, 0) is 5.56 Å². The van der Waals surface area contributed by atoms with Crippen LogP contribution in [0.4, 0.5) is 5.95 Å². The van der Waals surface area contributed by atoms with Crippen molar-refractivity contribution in [1.29, 1.82) is 0 Å². The standard InChI is InChI=1S/C16H17N3O6/c1-17-16-18-12(15(23)24)13(14(22)19(16)8-7-11(20)21)25-9-10-5-3-2-4-6-10/h2-6H,7-9H2,1H3,(H,17,18)(H,20,21)(H,23,24). The Kier molecular flexibility index (Phi) is 5.72. The zero-order chi connectivity index (χ0) is 18.4. The molecule has 1 aromatic carbocycles. The Morgan fingerprint density at radius 2 is 1.92 bits per heavy atom. The molecule has 3 N–H and O–H groups in total. The van der Waals surface area contributed by atoms with Crippen molar-refractivity contribution in [2.75, 3.05) is 12.4 Å². The SMILES string of the molecule is CNc1nc(C(=O)O)c(OCc2ccccc2)c(=O)n1CCC(=O)O. The molecule has 0 spiro atoms. The molecule has 0 bridgehead atoms. The van der Waals surface area contributed by atoms with Gasteiger partial charge in [-0.2, -0.15) is 0 Å². The summed E-state index contributed by atoms with van der Waals surface area (Å²) in [5, 5.41) is 20.7. The Morgan fingerprint density at radius 1 is 1.24 bits per heavy atom. The summed E-state index contributed by atoms with van der Waals surface area (Å²) in [6.07, 6.45) is -0.319. The van der Waals surface area contributed by atoms with Crippen LogP contribution in [-0.4, -0.2) is 38.8 Å². The van der Waals surface area contributed by atoms with Gasteiger partial charge in [-0.3, -0.25) is 14.2 Å². The number of ether oxygens (including phenoxy) is 1. The van der Waals surface area contributed by atoms with E-state index in [4.69, 9.17) is 9.84 Å². The lowest BCUT2D eigenvalue weighted by Gasteiger charge is -2.15. The Labute approximate surface area is 142 Å². The fourth-order valence-electron chi connectivity index (χ4n) is 2.15. The minimum atomic E-state index is -1.41. The van der Waals surface area contributed by atoms with Crippen LogP contribution in [0.5, 0.6) is 5.75 Å². The van der Waals surface area contributed by atoms with E-state index in [1.807, 2.05) is 6.07 Å². The summed E-state index contributed by atoms with van der Waals surface area (Å²) in [7, 11) is 1.45. The number of carboxylic acid groups (broad SMARTS) is 2. The highest BCUT2D eigenvalue weighted by molar-refractivity contribution is 5.88. The van der Waals surface area contributed by atoms with E-state index in [1.54, 1.807) is 24.3 Å². The topological polar surface area (TPSA) is 131 Å². The van der Waals surface area contributed by atoms with Gasteiger partial charge in [0, 0.05) is 13.6 Å². The summed E-state index contributed by atoms with van der Waals surface area (Å²) < 4.78 is 6.45. The first-order valence-electron chi connectivity index (χ1n) is 7.38. The number of nitrogens with zero attached hydrogens (tertiary/aromatic N) is 2. The fraction of sp³-hybridized carbons (Fsp3) is 0.250. The molecule has 0 aliphatic rings. The number of nitrogens with one attached hydrogen (secondary N) is 1. The number of aromatic nitrogens is 2. The second-order valence-corrected chi connectivity index (χ2v) is 5.04. The van der Waals surface area contributed by atoms with E-state index in [0.717, 1.165) is 10.1 Å². The smallest absolute Gasteiger partial charge is 0.358 e. The van der Waals surface area contributed by atoms with Crippen LogP contribution in [0.25, 0.3) is 0 Å². The van der Waals surface area contributed by atoms with Crippen molar-refractivity contribution in [2.24, 2.45) is 0 Å². The van der Waals surface area contributed by atoms with Crippen molar-refractivity contribution in [2.45, 2.75) is 19.6 Å². The van der Waals surface area contributed by atoms with Crippen LogP contribution in [0.2, 0.25) is 0 Å². The molecule has 1 heterocycles. The first-order chi connectivity index (χ1) is 11.9. The third-order valence-corrected chi connectivity index (χ3v) is 3.33. The number of aromatic carboxylic acids is 1. The van der Waals surface area contributed by atoms with Gasteiger partial charge in [0.1, 0.15) is 6.61 Å². The molecule has 1 aromatic heterocycles. The van der Waals surface area contributed by atoms with Crippen LogP contribution in [0, 0.1) is 0 Å². The van der Waals surface area contributed by atoms with Crippen LogP contribution in [0.1, 0.15) is 22.5 Å². The molecule has 9 nitrogen and oxygen atoms in total. The average molecular weight is 347 g/mol. The Morgan fingerprint density at radius 3 is 2.48 bits per heavy atom. The molecule has 25 heavy (non-hydrogen) atoms. The summed E-state index contributed by atoms with van der Waals surface area (Å²) in [5.41, 5.74) is -0.543. The van der Waals surface area contributed by atoms with Crippen LogP contribution < -0.4 is 15.6 Å². The Hall–Kier alpha value is -3.36. The summed E-state index contributed by atoms with van der Waals surface area (Å²) in [6.45, 7) is -0.186. The van der Waals surface area contributed by atoms with Gasteiger partial charge in [-0.25, -0.2) is 9.78 Å². The maximum Gasteiger partial charge on any atom is 0.358 e. The van der Waals surface area contributed by atoms with Crippen molar-refractivity contribution in [3.8, 4) is 5.75 Å². The quantitative estimate of drug-likeness (QED) is 0.645. The number of anilines is 1. The molecular formula is C16H17N3O6. The number of carbonyl (C=O) groups is 2. The van der Waals surface area contributed by atoms with E-state index >= 15 is 0 Å². The molecule has 2 aromatic rings. The van der Waals surface area contributed by atoms with Crippen molar-refractivity contribution >= 4 is 17.9 Å². The average Bonchev–Trinajstić information content (AvgIpc) is 2.59. The summed E-state index contributed by atoms with van der Waals surface area (Å²) in [6, 6.07) is 8.90. The van der Waals surface area contributed by atoms with E-state index in [-0.39, 0.29) is 25.5 Å². The highest BCUT2D eigenvalue weighted by Crippen LogP contribution is 2.16. The second kappa shape index (κ2) is 7.95. The Bertz CT molecular complexity index is 832. The molecule has 0 radical (unpaired) electrons. The van der Waals surface area contributed by atoms with Gasteiger partial charge in [-0.15, -0.1) is 0 Å². The van der Waals surface area contributed by atoms with Gasteiger partial charge in [0.05, 0.1) is 6.42 Å². The van der Waals surface area contributed by atoms with Crippen molar-refractivity contribution in [3.63, 3.8) is 0 Å². The zero-order valence-electron chi connectivity index (χ0n) is 13.4. The normalized spacial score (nSPS) is 10.3. The lowest BCUT2D eigenvalue weighted by atomic mass is 10.2. The van der Waals surface area contributed by atoms with Gasteiger partial charge in [0.25, 0.3) is 5.56 Å². The lowest BCUT2D eigenvalue weighted by Crippen LogP contribution is -2.29. The van der Waals surface area contributed by atoms with Crippen molar-refractivity contribution < 1.29 is 24.5 Å². The van der Waals surface area contributed by atoms with E-state index < -0.39 is 28.9 Å². The van der Waals surface area contributed by atoms with Crippen LogP contribution >= 0.6 is 0 Å². The number of benzene rings is 1. The van der Waals surface area contributed by atoms with Crippen molar-refractivity contribution in [3.05, 3.63) is 51.9 Å². The number of carboxylic acids is 2. The number of aliphatic carboxylic acids is 1. The number of rotatable bonds is 8. The van der Waals surface area contributed by atoms with Gasteiger partial charge in [-0.1, -0.05) is 30.3 Å². The van der Waals surface area contributed by atoms with E-state index in [0.29, 0.717) is 0 Å². The molecule has 0 saturated heterocycles. The maximum atomic E-state index is 12.6. The molecule has 0 aliphatic heterocycles. The summed E-state index contributed by atoms with van der Waals surface area (Å²) >= 11 is 0. The summed E-state index contributed by atoms with van der Waals surface area (Å²) in [5.74, 6) is -2.98. The first kappa shape index (κ1) is 18.0. The number of hydrogen-bond donors (Lipinski definition) is 3. The van der Waals surface area contributed by atoms with E-state index in [2.05, 4.69) is 10.3 Å². The molecule has 0 atom stereocenters. The Balaban J connectivity index is 2.44. The van der Waals surface area contributed by atoms with Gasteiger partial charge < -0.3 is 20.3 Å². The largest absolute Gasteiger partial charge is 0.481 e. The third-order valence-electron chi connectivity index (χ3n) is 3.33. The van der Waals surface area contributed by atoms with Crippen LogP contribution in [0.15, 0.2) is 35.1 Å². The minimum Gasteiger partial charge on any atom is -0.481 e. The molecule has 132 valence electrons. The first-order valence-corrected chi connectivity index (χ1v) is 7.38. The summed E-state index contributed by atoms with van der Waals surface area (Å²) in [4.78, 5) is 38.7. The van der Waals surface area contributed by atoms with Gasteiger partial charge in [0.2, 0.25) is 11.7 Å². The van der Waals surface area contributed by atoms with E-state index in [9.17, 15) is 19.5 Å². The fourth-order valence-corrected chi connectivity index (χ4v) is 2.15. The molecule has 0 fully saturated rings. The predicted molar refractivity (Wildman–Crippen MR) is 88.0 cm³/mol. The number of hydrogen-bond acceptors (Lipinski definition) is 6. The van der Waals surface area contributed by atoms with Gasteiger partial charge in [0.15, 0.2) is 5.69 Å². The second-order valence-electron chi connectivity index (χ2n) is 5.04. The lowest BCUT2D eigenvalue weighted by molar-refractivity contribution is -0.137. The minimum absolute atomic E-state index is 0.0180. The highest BCUT2D eigenvalue weighted by atomic mass is 16.5. The van der Waals surface area contributed by atoms with E-state index in [1.165, 1.54) is 7.05 Å². The molecule has 9 heteroatoms. The molecule has 0 unspecified atom stereocenters. The van der Waals surface area contributed by atoms with Gasteiger partial charge >= 0.3 is 11.9 Å².